The molecule has 2 aromatic rings. The summed E-state index contributed by atoms with van der Waals surface area (Å²) in [4.78, 5) is 9.09. The van der Waals surface area contributed by atoms with Gasteiger partial charge in [-0.15, -0.1) is 0 Å². The van der Waals surface area contributed by atoms with Crippen LogP contribution in [0.4, 0.5) is 0 Å². The minimum absolute atomic E-state index is 0.165. The fraction of sp³-hybridized carbons (Fsp3) is 0.643. The van der Waals surface area contributed by atoms with Gasteiger partial charge in [-0.05, 0) is 27.0 Å². The van der Waals surface area contributed by atoms with E-state index in [1.54, 1.807) is 0 Å². The average molecular weight is 290 g/mol. The van der Waals surface area contributed by atoms with E-state index in [2.05, 4.69) is 45.1 Å². The zero-order valence-electron chi connectivity index (χ0n) is 12.9. The first-order valence-corrected chi connectivity index (χ1v) is 7.41. The number of likely N-dealkylation sites (N-methyl/N-ethyl adjacent to an activating group) is 1. The van der Waals surface area contributed by atoms with E-state index in [1.807, 2.05) is 17.8 Å². The topological polar surface area (TPSA) is 63.2 Å². The summed E-state index contributed by atoms with van der Waals surface area (Å²) >= 11 is 0. The van der Waals surface area contributed by atoms with Crippen molar-refractivity contribution >= 4 is 0 Å². The van der Waals surface area contributed by atoms with Crippen LogP contribution in [0.2, 0.25) is 0 Å². The highest BCUT2D eigenvalue weighted by Gasteiger charge is 2.30. The predicted octanol–water partition coefficient (Wildman–Crippen LogP) is 1.08. The fourth-order valence-corrected chi connectivity index (χ4v) is 2.80. The number of rotatable bonds is 4. The van der Waals surface area contributed by atoms with Crippen LogP contribution in [0.15, 0.2) is 16.8 Å². The van der Waals surface area contributed by atoms with Gasteiger partial charge in [-0.3, -0.25) is 14.5 Å². The van der Waals surface area contributed by atoms with Crippen molar-refractivity contribution in [3.63, 3.8) is 0 Å². The van der Waals surface area contributed by atoms with Crippen LogP contribution in [0.3, 0.4) is 0 Å². The molecule has 0 aromatic carbocycles. The van der Waals surface area contributed by atoms with Crippen LogP contribution in [0, 0.1) is 6.92 Å². The Morgan fingerprint density at radius 1 is 1.38 bits per heavy atom. The molecule has 0 bridgehead atoms. The van der Waals surface area contributed by atoms with Gasteiger partial charge in [0, 0.05) is 38.9 Å². The molecule has 7 heteroatoms. The van der Waals surface area contributed by atoms with Gasteiger partial charge in [0.15, 0.2) is 5.82 Å². The summed E-state index contributed by atoms with van der Waals surface area (Å²) in [6.07, 6.45) is 1.87. The van der Waals surface area contributed by atoms with E-state index < -0.39 is 0 Å². The molecule has 2 aromatic heterocycles. The van der Waals surface area contributed by atoms with E-state index in [0.717, 1.165) is 32.7 Å². The lowest BCUT2D eigenvalue weighted by Gasteiger charge is -2.37. The van der Waals surface area contributed by atoms with Crippen molar-refractivity contribution in [2.45, 2.75) is 33.0 Å². The van der Waals surface area contributed by atoms with E-state index in [4.69, 9.17) is 4.52 Å². The summed E-state index contributed by atoms with van der Waals surface area (Å²) in [5.41, 5.74) is 1.25. The van der Waals surface area contributed by atoms with E-state index in [9.17, 15) is 0 Å². The van der Waals surface area contributed by atoms with Crippen LogP contribution >= 0.6 is 0 Å². The SMILES string of the molecule is CCn1nccc1CN1CCN(C)[C@@H](c2nc(C)no2)C1. The summed E-state index contributed by atoms with van der Waals surface area (Å²) < 4.78 is 7.40. The number of piperazine rings is 1. The van der Waals surface area contributed by atoms with E-state index in [-0.39, 0.29) is 6.04 Å². The summed E-state index contributed by atoms with van der Waals surface area (Å²) in [6, 6.07) is 2.26. The number of nitrogens with zero attached hydrogens (tertiary/aromatic N) is 6. The molecule has 114 valence electrons. The molecule has 7 nitrogen and oxygen atoms in total. The molecule has 1 aliphatic rings. The molecule has 3 heterocycles. The largest absolute Gasteiger partial charge is 0.338 e. The molecule has 0 radical (unpaired) electrons. The average Bonchev–Trinajstić information content (AvgIpc) is 3.09. The Balaban J connectivity index is 1.71. The minimum atomic E-state index is 0.165. The van der Waals surface area contributed by atoms with Crippen molar-refractivity contribution in [3.05, 3.63) is 29.7 Å². The minimum Gasteiger partial charge on any atom is -0.338 e. The Morgan fingerprint density at radius 3 is 2.95 bits per heavy atom. The predicted molar refractivity (Wildman–Crippen MR) is 77.6 cm³/mol. The van der Waals surface area contributed by atoms with Crippen LogP contribution in [0.25, 0.3) is 0 Å². The van der Waals surface area contributed by atoms with Gasteiger partial charge >= 0.3 is 0 Å². The van der Waals surface area contributed by atoms with Gasteiger partial charge in [0.05, 0.1) is 5.69 Å². The van der Waals surface area contributed by atoms with E-state index >= 15 is 0 Å². The second-order valence-electron chi connectivity index (χ2n) is 5.55. The second-order valence-corrected chi connectivity index (χ2v) is 5.55. The zero-order valence-corrected chi connectivity index (χ0v) is 12.9. The zero-order chi connectivity index (χ0) is 14.8. The lowest BCUT2D eigenvalue weighted by Crippen LogP contribution is -2.46. The first kappa shape index (κ1) is 14.2. The molecule has 0 saturated carbocycles. The van der Waals surface area contributed by atoms with Crippen LogP contribution in [0.5, 0.6) is 0 Å². The van der Waals surface area contributed by atoms with E-state index in [1.165, 1.54) is 5.69 Å². The Hall–Kier alpha value is -1.73. The van der Waals surface area contributed by atoms with Crippen molar-refractivity contribution in [3.8, 4) is 0 Å². The van der Waals surface area contributed by atoms with Crippen molar-refractivity contribution in [1.82, 2.24) is 29.7 Å². The highest BCUT2D eigenvalue weighted by atomic mass is 16.5. The molecule has 0 amide bonds. The van der Waals surface area contributed by atoms with Crippen molar-refractivity contribution < 1.29 is 4.52 Å². The molecule has 1 aliphatic heterocycles. The molecule has 21 heavy (non-hydrogen) atoms. The summed E-state index contributed by atoms with van der Waals surface area (Å²) in [5.74, 6) is 1.41. The summed E-state index contributed by atoms with van der Waals surface area (Å²) in [6.45, 7) is 8.71. The molecule has 1 atom stereocenters. The quantitative estimate of drug-likeness (QED) is 0.840. The smallest absolute Gasteiger partial charge is 0.245 e. The Bertz CT molecular complexity index is 592. The number of hydrogen-bond donors (Lipinski definition) is 0. The number of aromatic nitrogens is 4. The Kier molecular flexibility index (Phi) is 4.03. The maximum atomic E-state index is 5.36. The first-order chi connectivity index (χ1) is 10.2. The first-order valence-electron chi connectivity index (χ1n) is 7.41. The molecule has 1 fully saturated rings. The van der Waals surface area contributed by atoms with Gasteiger partial charge in [-0.25, -0.2) is 0 Å². The maximum absolute atomic E-state index is 5.36. The molecular weight excluding hydrogens is 268 g/mol. The lowest BCUT2D eigenvalue weighted by atomic mass is 10.1. The maximum Gasteiger partial charge on any atom is 0.245 e. The summed E-state index contributed by atoms with van der Waals surface area (Å²) in [7, 11) is 2.11. The third-order valence-electron chi connectivity index (χ3n) is 4.05. The van der Waals surface area contributed by atoms with Crippen LogP contribution in [0.1, 0.15) is 30.4 Å². The number of hydrogen-bond acceptors (Lipinski definition) is 6. The van der Waals surface area contributed by atoms with Gasteiger partial charge in [0.25, 0.3) is 0 Å². The van der Waals surface area contributed by atoms with Gasteiger partial charge in [-0.2, -0.15) is 10.1 Å². The van der Waals surface area contributed by atoms with Gasteiger partial charge in [0.1, 0.15) is 6.04 Å². The molecule has 1 saturated heterocycles. The van der Waals surface area contributed by atoms with Crippen LogP contribution in [-0.2, 0) is 13.1 Å². The molecule has 0 aliphatic carbocycles. The standard InChI is InChI=1S/C14H22N6O/c1-4-20-12(5-6-15-20)9-19-8-7-18(3)13(10-19)14-16-11(2)17-21-14/h5-6,13H,4,7-10H2,1-3H3/t13-/m1/s1. The Labute approximate surface area is 124 Å². The van der Waals surface area contributed by atoms with Gasteiger partial charge < -0.3 is 4.52 Å². The molecule has 3 rings (SSSR count). The molecule has 0 N–H and O–H groups in total. The molecular formula is C14H22N6O. The normalized spacial score (nSPS) is 21.0. The monoisotopic (exact) mass is 290 g/mol. The van der Waals surface area contributed by atoms with Gasteiger partial charge in [-0.1, -0.05) is 5.16 Å². The van der Waals surface area contributed by atoms with Crippen molar-refractivity contribution in [2.75, 3.05) is 26.7 Å². The number of aryl methyl sites for hydroxylation is 2. The van der Waals surface area contributed by atoms with Crippen molar-refractivity contribution in [2.24, 2.45) is 0 Å². The molecule has 0 spiro atoms. The lowest BCUT2D eigenvalue weighted by molar-refractivity contribution is 0.0699. The highest BCUT2D eigenvalue weighted by molar-refractivity contribution is 5.02. The summed E-state index contributed by atoms with van der Waals surface area (Å²) in [5, 5.41) is 8.24. The van der Waals surface area contributed by atoms with Crippen LogP contribution in [-0.4, -0.2) is 56.4 Å². The highest BCUT2D eigenvalue weighted by Crippen LogP contribution is 2.23. The third-order valence-corrected chi connectivity index (χ3v) is 4.05. The van der Waals surface area contributed by atoms with E-state index in [0.29, 0.717) is 11.7 Å². The fourth-order valence-electron chi connectivity index (χ4n) is 2.80. The van der Waals surface area contributed by atoms with Crippen LogP contribution < -0.4 is 0 Å². The molecule has 0 unspecified atom stereocenters. The van der Waals surface area contributed by atoms with Gasteiger partial charge in [0.2, 0.25) is 5.89 Å². The Morgan fingerprint density at radius 2 is 2.24 bits per heavy atom. The third kappa shape index (κ3) is 2.98. The second kappa shape index (κ2) is 5.95. The van der Waals surface area contributed by atoms with Crippen molar-refractivity contribution in [1.29, 1.82) is 0 Å².